The fourth-order valence-electron chi connectivity index (χ4n) is 4.90. The normalized spacial score (nSPS) is 22.1. The van der Waals surface area contributed by atoms with Crippen LogP contribution >= 0.6 is 23.2 Å². The molecule has 12 nitrogen and oxygen atoms in total. The number of nitrogens with one attached hydrogen (secondary N) is 1. The summed E-state index contributed by atoms with van der Waals surface area (Å²) in [6.07, 6.45) is 6.06. The third-order valence-corrected chi connectivity index (χ3v) is 7.43. The SMILES string of the molecule is C[C@H]1COCCN1c1nc(Cl)nc2c1ncn2CC1CC1.C[C@H]1COCCN1c1nc(Cl)nc2nc[nH]c12. The van der Waals surface area contributed by atoms with E-state index in [0.29, 0.717) is 32.1 Å². The minimum Gasteiger partial charge on any atom is -0.377 e. The number of morpholine rings is 2. The van der Waals surface area contributed by atoms with Crippen LogP contribution in [0.3, 0.4) is 0 Å². The number of hydrogen-bond donors (Lipinski definition) is 1. The molecule has 0 unspecified atom stereocenters. The molecule has 14 heteroatoms. The summed E-state index contributed by atoms with van der Waals surface area (Å²) >= 11 is 12.1. The van der Waals surface area contributed by atoms with Gasteiger partial charge in [0.05, 0.1) is 51.2 Å². The van der Waals surface area contributed by atoms with Crippen molar-refractivity contribution in [2.45, 2.75) is 45.3 Å². The van der Waals surface area contributed by atoms with Gasteiger partial charge >= 0.3 is 0 Å². The minimum atomic E-state index is 0.221. The van der Waals surface area contributed by atoms with E-state index in [1.807, 2.05) is 6.33 Å². The van der Waals surface area contributed by atoms with Crippen molar-refractivity contribution in [1.82, 2.24) is 39.5 Å². The molecule has 4 aromatic rings. The molecule has 0 aromatic carbocycles. The molecule has 38 heavy (non-hydrogen) atoms. The molecule has 1 N–H and O–H groups in total. The lowest BCUT2D eigenvalue weighted by atomic mass is 10.2. The predicted octanol–water partition coefficient (Wildman–Crippen LogP) is 3.35. The molecule has 3 aliphatic rings. The second kappa shape index (κ2) is 10.8. The van der Waals surface area contributed by atoms with E-state index in [9.17, 15) is 0 Å². The van der Waals surface area contributed by atoms with Crippen molar-refractivity contribution in [2.75, 3.05) is 49.3 Å². The van der Waals surface area contributed by atoms with E-state index < -0.39 is 0 Å². The van der Waals surface area contributed by atoms with E-state index in [0.717, 1.165) is 53.9 Å². The first-order valence-corrected chi connectivity index (χ1v) is 13.7. The first-order chi connectivity index (χ1) is 18.5. The number of ether oxygens (including phenoxy) is 2. The lowest BCUT2D eigenvalue weighted by Crippen LogP contribution is -2.44. The number of aromatic nitrogens is 8. The monoisotopic (exact) mass is 560 g/mol. The molecule has 2 atom stereocenters. The fraction of sp³-hybridized carbons (Fsp3) is 0.583. The summed E-state index contributed by atoms with van der Waals surface area (Å²) in [5.74, 6) is 2.39. The summed E-state index contributed by atoms with van der Waals surface area (Å²) in [4.78, 5) is 33.3. The Morgan fingerprint density at radius 1 is 0.895 bits per heavy atom. The summed E-state index contributed by atoms with van der Waals surface area (Å²) in [5.41, 5.74) is 3.10. The maximum absolute atomic E-state index is 6.15. The van der Waals surface area contributed by atoms with Crippen LogP contribution in [-0.2, 0) is 16.0 Å². The minimum absolute atomic E-state index is 0.221. The number of imidazole rings is 2. The van der Waals surface area contributed by atoms with Crippen molar-refractivity contribution < 1.29 is 9.47 Å². The quantitative estimate of drug-likeness (QED) is 0.371. The van der Waals surface area contributed by atoms with E-state index >= 15 is 0 Å². The van der Waals surface area contributed by atoms with Crippen LogP contribution in [0.5, 0.6) is 0 Å². The number of anilines is 2. The van der Waals surface area contributed by atoms with Crippen LogP contribution < -0.4 is 9.80 Å². The number of H-pyrrole nitrogens is 1. The Morgan fingerprint density at radius 3 is 2.24 bits per heavy atom. The van der Waals surface area contributed by atoms with Crippen LogP contribution in [0.15, 0.2) is 12.7 Å². The Morgan fingerprint density at radius 2 is 1.55 bits per heavy atom. The first-order valence-electron chi connectivity index (χ1n) is 12.9. The Hall–Kier alpha value is -2.80. The van der Waals surface area contributed by atoms with Crippen LogP contribution in [0.25, 0.3) is 22.3 Å². The molecule has 7 rings (SSSR count). The molecule has 0 amide bonds. The summed E-state index contributed by atoms with van der Waals surface area (Å²) in [6.45, 7) is 9.59. The van der Waals surface area contributed by atoms with Gasteiger partial charge in [0.1, 0.15) is 5.52 Å². The average molecular weight is 561 g/mol. The molecular weight excluding hydrogens is 531 g/mol. The lowest BCUT2D eigenvalue weighted by molar-refractivity contribution is 0.0986. The molecule has 0 spiro atoms. The molecule has 1 saturated carbocycles. The molecule has 4 aromatic heterocycles. The van der Waals surface area contributed by atoms with Gasteiger partial charge in [0.2, 0.25) is 10.6 Å². The second-order valence-electron chi connectivity index (χ2n) is 9.98. The van der Waals surface area contributed by atoms with Crippen LogP contribution in [-0.4, -0.2) is 91.1 Å². The summed E-state index contributed by atoms with van der Waals surface area (Å²) < 4.78 is 13.0. The van der Waals surface area contributed by atoms with Gasteiger partial charge in [-0.05, 0) is 55.8 Å². The van der Waals surface area contributed by atoms with Crippen molar-refractivity contribution in [3.63, 3.8) is 0 Å². The Kier molecular flexibility index (Phi) is 7.21. The Balaban J connectivity index is 0.000000142. The molecule has 0 bridgehead atoms. The zero-order chi connectivity index (χ0) is 26.2. The van der Waals surface area contributed by atoms with Gasteiger partial charge in [-0.3, -0.25) is 0 Å². The van der Waals surface area contributed by atoms with Crippen molar-refractivity contribution in [3.05, 3.63) is 23.2 Å². The summed E-state index contributed by atoms with van der Waals surface area (Å²) in [6, 6.07) is 0.530. The second-order valence-corrected chi connectivity index (χ2v) is 10.7. The van der Waals surface area contributed by atoms with Gasteiger partial charge in [-0.2, -0.15) is 19.9 Å². The maximum atomic E-state index is 6.15. The highest BCUT2D eigenvalue weighted by Gasteiger charge is 2.27. The van der Waals surface area contributed by atoms with E-state index in [1.54, 1.807) is 6.33 Å². The maximum Gasteiger partial charge on any atom is 0.226 e. The highest BCUT2D eigenvalue weighted by Crippen LogP contribution is 2.33. The number of nitrogens with zero attached hydrogens (tertiary/aromatic N) is 9. The van der Waals surface area contributed by atoms with Crippen molar-refractivity contribution in [3.8, 4) is 0 Å². The zero-order valence-electron chi connectivity index (χ0n) is 21.3. The van der Waals surface area contributed by atoms with Gasteiger partial charge in [-0.1, -0.05) is 0 Å². The van der Waals surface area contributed by atoms with E-state index in [1.165, 1.54) is 12.8 Å². The van der Waals surface area contributed by atoms with E-state index in [-0.39, 0.29) is 22.7 Å². The number of hydrogen-bond acceptors (Lipinski definition) is 10. The number of fused-ring (bicyclic) bond motifs is 2. The molecule has 2 aliphatic heterocycles. The number of halogens is 2. The third kappa shape index (κ3) is 5.22. The van der Waals surface area contributed by atoms with Crippen LogP contribution in [0.2, 0.25) is 10.6 Å². The van der Waals surface area contributed by atoms with Crippen LogP contribution in [0.4, 0.5) is 11.6 Å². The summed E-state index contributed by atoms with van der Waals surface area (Å²) in [5, 5.41) is 0.507. The molecule has 3 fully saturated rings. The van der Waals surface area contributed by atoms with Crippen LogP contribution in [0.1, 0.15) is 26.7 Å². The highest BCUT2D eigenvalue weighted by molar-refractivity contribution is 6.29. The lowest BCUT2D eigenvalue weighted by Gasteiger charge is -2.34. The predicted molar refractivity (Wildman–Crippen MR) is 145 cm³/mol. The molecule has 0 radical (unpaired) electrons. The fourth-order valence-corrected chi connectivity index (χ4v) is 5.22. The van der Waals surface area contributed by atoms with E-state index in [4.69, 9.17) is 32.7 Å². The molecule has 1 aliphatic carbocycles. The smallest absolute Gasteiger partial charge is 0.226 e. The van der Waals surface area contributed by atoms with Crippen molar-refractivity contribution in [2.24, 2.45) is 5.92 Å². The van der Waals surface area contributed by atoms with E-state index in [2.05, 4.69) is 63.1 Å². The van der Waals surface area contributed by atoms with Crippen molar-refractivity contribution >= 4 is 57.2 Å². The van der Waals surface area contributed by atoms with Gasteiger partial charge in [0, 0.05) is 19.6 Å². The molecule has 2 saturated heterocycles. The van der Waals surface area contributed by atoms with Crippen LogP contribution in [0, 0.1) is 5.92 Å². The molecule has 202 valence electrons. The Labute approximate surface area is 229 Å². The van der Waals surface area contributed by atoms with Gasteiger partial charge in [0.15, 0.2) is 28.4 Å². The average Bonchev–Trinajstić information content (AvgIpc) is 3.45. The van der Waals surface area contributed by atoms with Crippen molar-refractivity contribution in [1.29, 1.82) is 0 Å². The molecular formula is C24H30Cl2N10O2. The topological polar surface area (TPSA) is 123 Å². The summed E-state index contributed by atoms with van der Waals surface area (Å²) in [7, 11) is 0. The van der Waals surface area contributed by atoms with Gasteiger partial charge < -0.3 is 28.8 Å². The Bertz CT molecular complexity index is 1420. The highest BCUT2D eigenvalue weighted by atomic mass is 35.5. The standard InChI is InChI=1S/C14H18ClN5O.C10H12ClN5O/c1-9-7-21-5-4-20(9)13-11-12(17-14(15)18-13)19(8-16-11)6-10-2-3-10;1-6-4-17-3-2-16(6)9-7-8(13-5-12-7)14-10(11)15-9/h8-10H,2-7H2,1H3;5-6H,2-4H2,1H3,(H,12,13,14,15)/t9-;6-/m00/s1. The zero-order valence-corrected chi connectivity index (χ0v) is 22.9. The number of rotatable bonds is 4. The first kappa shape index (κ1) is 25.5. The van der Waals surface area contributed by atoms with Gasteiger partial charge in [0.25, 0.3) is 0 Å². The molecule has 6 heterocycles. The van der Waals surface area contributed by atoms with Gasteiger partial charge in [-0.15, -0.1) is 0 Å². The van der Waals surface area contributed by atoms with Gasteiger partial charge in [-0.25, -0.2) is 9.97 Å². The third-order valence-electron chi connectivity index (χ3n) is 7.09. The largest absolute Gasteiger partial charge is 0.377 e. The number of aromatic amines is 1.